The minimum absolute atomic E-state index is 0.286. The van der Waals surface area contributed by atoms with Gasteiger partial charge in [0.1, 0.15) is 0 Å². The third kappa shape index (κ3) is 4.05. The average Bonchev–Trinajstić information content (AvgIpc) is 2.47. The largest absolute Gasteiger partial charge is 0.378 e. The third-order valence-electron chi connectivity index (χ3n) is 3.68. The summed E-state index contributed by atoms with van der Waals surface area (Å²) in [5.74, 6) is 0. The average molecular weight is 353 g/mol. The molecule has 2 aromatic carbocycles. The first-order valence-corrected chi connectivity index (χ1v) is 9.02. The van der Waals surface area contributed by atoms with E-state index in [1.54, 1.807) is 32.2 Å². The Morgan fingerprint density at radius 1 is 1.00 bits per heavy atom. The quantitative estimate of drug-likeness (QED) is 0.826. The van der Waals surface area contributed by atoms with Crippen LogP contribution in [-0.2, 0) is 16.6 Å². The third-order valence-corrected chi connectivity index (χ3v) is 5.88. The zero-order valence-electron chi connectivity index (χ0n) is 13.7. The molecule has 0 aromatic heterocycles. The highest BCUT2D eigenvalue weighted by atomic mass is 35.5. The van der Waals surface area contributed by atoms with E-state index in [9.17, 15) is 8.42 Å². The van der Waals surface area contributed by atoms with Crippen molar-refractivity contribution in [1.82, 2.24) is 4.31 Å². The fourth-order valence-corrected chi connectivity index (χ4v) is 3.90. The lowest BCUT2D eigenvalue weighted by molar-refractivity contribution is 0.466. The lowest BCUT2D eigenvalue weighted by Gasteiger charge is -2.19. The van der Waals surface area contributed by atoms with E-state index in [0.717, 1.165) is 11.3 Å². The van der Waals surface area contributed by atoms with Crippen LogP contribution in [0.2, 0.25) is 5.02 Å². The molecular weight excluding hydrogens is 332 g/mol. The normalized spacial score (nSPS) is 11.7. The summed E-state index contributed by atoms with van der Waals surface area (Å²) in [6.07, 6.45) is 0. The van der Waals surface area contributed by atoms with Crippen LogP contribution in [0.15, 0.2) is 47.4 Å². The molecule has 0 aliphatic rings. The van der Waals surface area contributed by atoms with Crippen LogP contribution in [-0.4, -0.2) is 33.9 Å². The first-order chi connectivity index (χ1) is 10.7. The Hall–Kier alpha value is -1.56. The summed E-state index contributed by atoms with van der Waals surface area (Å²) in [4.78, 5) is 2.29. The van der Waals surface area contributed by atoms with E-state index in [1.807, 2.05) is 43.3 Å². The number of hydrogen-bond acceptors (Lipinski definition) is 3. The van der Waals surface area contributed by atoms with E-state index in [2.05, 4.69) is 0 Å². The van der Waals surface area contributed by atoms with Crippen molar-refractivity contribution < 1.29 is 8.42 Å². The molecular formula is C17H21ClN2O2S. The number of sulfonamides is 1. The second-order valence-electron chi connectivity index (χ2n) is 5.73. The molecule has 0 amide bonds. The summed E-state index contributed by atoms with van der Waals surface area (Å²) in [6.45, 7) is 2.07. The van der Waals surface area contributed by atoms with Gasteiger partial charge in [-0.05, 0) is 48.4 Å². The van der Waals surface area contributed by atoms with Gasteiger partial charge in [-0.2, -0.15) is 4.31 Å². The van der Waals surface area contributed by atoms with Crippen molar-refractivity contribution in [3.8, 4) is 0 Å². The second-order valence-corrected chi connectivity index (χ2v) is 8.18. The van der Waals surface area contributed by atoms with Crippen LogP contribution in [0, 0.1) is 6.92 Å². The molecule has 0 spiro atoms. The Kier molecular flexibility index (Phi) is 5.34. The van der Waals surface area contributed by atoms with Gasteiger partial charge in [0, 0.05) is 38.4 Å². The molecule has 0 saturated heterocycles. The zero-order valence-corrected chi connectivity index (χ0v) is 15.3. The molecule has 4 nitrogen and oxygen atoms in total. The van der Waals surface area contributed by atoms with Crippen molar-refractivity contribution in [2.45, 2.75) is 18.4 Å². The number of nitrogens with zero attached hydrogens (tertiary/aromatic N) is 2. The van der Waals surface area contributed by atoms with E-state index in [1.165, 1.54) is 4.31 Å². The number of anilines is 1. The van der Waals surface area contributed by atoms with Gasteiger partial charge < -0.3 is 4.90 Å². The highest BCUT2D eigenvalue weighted by Gasteiger charge is 2.22. The number of rotatable bonds is 5. The fourth-order valence-electron chi connectivity index (χ4n) is 2.31. The fraction of sp³-hybridized carbons (Fsp3) is 0.294. The van der Waals surface area contributed by atoms with Crippen LogP contribution in [0.3, 0.4) is 0 Å². The van der Waals surface area contributed by atoms with E-state index < -0.39 is 10.0 Å². The number of hydrogen-bond donors (Lipinski definition) is 0. The summed E-state index contributed by atoms with van der Waals surface area (Å²) in [5, 5.41) is 0.531. The predicted molar refractivity (Wildman–Crippen MR) is 95.6 cm³/mol. The van der Waals surface area contributed by atoms with E-state index in [0.29, 0.717) is 17.1 Å². The molecule has 0 aliphatic carbocycles. The second kappa shape index (κ2) is 6.91. The van der Waals surface area contributed by atoms with Gasteiger partial charge in [0.25, 0.3) is 0 Å². The van der Waals surface area contributed by atoms with Crippen LogP contribution in [0.1, 0.15) is 11.1 Å². The van der Waals surface area contributed by atoms with Gasteiger partial charge in [-0.3, -0.25) is 0 Å². The number of benzene rings is 2. The van der Waals surface area contributed by atoms with Gasteiger partial charge >= 0.3 is 0 Å². The molecule has 23 heavy (non-hydrogen) atoms. The molecule has 0 saturated carbocycles. The summed E-state index contributed by atoms with van der Waals surface area (Å²) >= 11 is 5.90. The first-order valence-electron chi connectivity index (χ1n) is 7.20. The lowest BCUT2D eigenvalue weighted by Crippen LogP contribution is -2.27. The monoisotopic (exact) mass is 352 g/mol. The Balaban J connectivity index is 2.23. The van der Waals surface area contributed by atoms with Gasteiger partial charge in [0.05, 0.1) is 4.90 Å². The molecule has 0 fully saturated rings. The maximum absolute atomic E-state index is 12.7. The summed E-state index contributed by atoms with van der Waals surface area (Å²) < 4.78 is 26.8. The Morgan fingerprint density at radius 3 is 2.13 bits per heavy atom. The summed E-state index contributed by atoms with van der Waals surface area (Å²) in [5.41, 5.74) is 2.66. The molecule has 2 aromatic rings. The number of aryl methyl sites for hydroxylation is 1. The van der Waals surface area contributed by atoms with Crippen molar-refractivity contribution in [3.05, 3.63) is 58.6 Å². The highest BCUT2D eigenvalue weighted by Crippen LogP contribution is 2.23. The lowest BCUT2D eigenvalue weighted by atomic mass is 10.2. The van der Waals surface area contributed by atoms with Gasteiger partial charge in [0.2, 0.25) is 10.0 Å². The van der Waals surface area contributed by atoms with Crippen LogP contribution in [0.4, 0.5) is 5.69 Å². The van der Waals surface area contributed by atoms with Crippen molar-refractivity contribution in [2.24, 2.45) is 0 Å². The van der Waals surface area contributed by atoms with Crippen molar-refractivity contribution >= 4 is 27.3 Å². The maximum atomic E-state index is 12.7. The van der Waals surface area contributed by atoms with E-state index in [4.69, 9.17) is 11.6 Å². The molecule has 0 aliphatic heterocycles. The van der Waals surface area contributed by atoms with Crippen molar-refractivity contribution in [2.75, 3.05) is 26.0 Å². The van der Waals surface area contributed by atoms with Gasteiger partial charge in [-0.15, -0.1) is 0 Å². The van der Waals surface area contributed by atoms with Crippen LogP contribution in [0.5, 0.6) is 0 Å². The molecule has 0 atom stereocenters. The Morgan fingerprint density at radius 2 is 1.61 bits per heavy atom. The van der Waals surface area contributed by atoms with Gasteiger partial charge in [0.15, 0.2) is 0 Å². The summed E-state index contributed by atoms with van der Waals surface area (Å²) in [7, 11) is 1.97. The van der Waals surface area contributed by atoms with E-state index in [-0.39, 0.29) is 4.90 Å². The summed E-state index contributed by atoms with van der Waals surface area (Å²) in [6, 6.07) is 12.6. The van der Waals surface area contributed by atoms with Crippen molar-refractivity contribution in [3.63, 3.8) is 0 Å². The number of halogens is 1. The Labute approximate surface area is 143 Å². The minimum Gasteiger partial charge on any atom is -0.378 e. The van der Waals surface area contributed by atoms with Crippen LogP contribution >= 0.6 is 11.6 Å². The highest BCUT2D eigenvalue weighted by molar-refractivity contribution is 7.89. The molecule has 124 valence electrons. The van der Waals surface area contributed by atoms with Gasteiger partial charge in [-0.25, -0.2) is 8.42 Å². The SMILES string of the molecule is Cc1cc(Cl)ccc1S(=O)(=O)N(C)Cc1ccc(N(C)C)cc1. The minimum atomic E-state index is -3.55. The molecule has 6 heteroatoms. The molecule has 0 radical (unpaired) electrons. The smallest absolute Gasteiger partial charge is 0.243 e. The molecule has 0 unspecified atom stereocenters. The van der Waals surface area contributed by atoms with Gasteiger partial charge in [-0.1, -0.05) is 23.7 Å². The molecule has 0 bridgehead atoms. The molecule has 2 rings (SSSR count). The predicted octanol–water partition coefficient (Wildman–Crippen LogP) is 3.54. The Bertz CT molecular complexity index is 787. The molecule has 0 N–H and O–H groups in total. The standard InChI is InChI=1S/C17H21ClN2O2S/c1-13-11-15(18)7-10-17(13)23(21,22)20(4)12-14-5-8-16(9-6-14)19(2)3/h5-11H,12H2,1-4H3. The van der Waals surface area contributed by atoms with Crippen LogP contribution in [0.25, 0.3) is 0 Å². The topological polar surface area (TPSA) is 40.6 Å². The maximum Gasteiger partial charge on any atom is 0.243 e. The van der Waals surface area contributed by atoms with E-state index >= 15 is 0 Å². The van der Waals surface area contributed by atoms with Crippen molar-refractivity contribution in [1.29, 1.82) is 0 Å². The molecule has 0 heterocycles. The first kappa shape index (κ1) is 17.8. The zero-order chi connectivity index (χ0) is 17.2. The van der Waals surface area contributed by atoms with Crippen LogP contribution < -0.4 is 4.90 Å².